The molecule has 0 aromatic heterocycles. The van der Waals surface area contributed by atoms with Gasteiger partial charge in [-0.15, -0.1) is 0 Å². The van der Waals surface area contributed by atoms with Gasteiger partial charge in [0.2, 0.25) is 0 Å². The zero-order valence-corrected chi connectivity index (χ0v) is 15.7. The van der Waals surface area contributed by atoms with Gasteiger partial charge in [0.1, 0.15) is 23.2 Å². The van der Waals surface area contributed by atoms with E-state index < -0.39 is 0 Å². The van der Waals surface area contributed by atoms with Gasteiger partial charge in [0, 0.05) is 18.7 Å². The fourth-order valence-electron chi connectivity index (χ4n) is 2.93. The highest BCUT2D eigenvalue weighted by molar-refractivity contribution is 7.80. The average Bonchev–Trinajstić information content (AvgIpc) is 2.61. The Labute approximate surface area is 158 Å². The van der Waals surface area contributed by atoms with Gasteiger partial charge >= 0.3 is 0 Å². The van der Waals surface area contributed by atoms with Gasteiger partial charge in [-0.2, -0.15) is 0 Å². The number of halogens is 2. The summed E-state index contributed by atoms with van der Waals surface area (Å²) < 4.78 is 18.9. The van der Waals surface area contributed by atoms with E-state index in [2.05, 4.69) is 11.8 Å². The molecule has 0 aliphatic carbocycles. The standard InChI is InChI=1S/C20H21ClFNOS/c1-14-7-9-23(10-8-14)20(25)16-5-6-19(18(21)12-16)24-13-15-3-2-4-17(22)11-15/h2-6,11-12,14H,7-10,13H2,1H3. The third-order valence-corrected chi connectivity index (χ3v) is 5.32. The van der Waals surface area contributed by atoms with Crippen LogP contribution < -0.4 is 4.74 Å². The lowest BCUT2D eigenvalue weighted by atomic mass is 9.99. The minimum atomic E-state index is -0.274. The summed E-state index contributed by atoms with van der Waals surface area (Å²) in [5.41, 5.74) is 1.70. The van der Waals surface area contributed by atoms with Crippen molar-refractivity contribution in [2.45, 2.75) is 26.4 Å². The van der Waals surface area contributed by atoms with E-state index in [1.54, 1.807) is 6.07 Å². The number of likely N-dealkylation sites (tertiary alicyclic amines) is 1. The van der Waals surface area contributed by atoms with Crippen molar-refractivity contribution in [1.29, 1.82) is 0 Å². The summed E-state index contributed by atoms with van der Waals surface area (Å²) in [6.07, 6.45) is 2.34. The van der Waals surface area contributed by atoms with Crippen molar-refractivity contribution >= 4 is 28.8 Å². The average molecular weight is 378 g/mol. The van der Waals surface area contributed by atoms with Crippen molar-refractivity contribution in [2.75, 3.05) is 13.1 Å². The lowest BCUT2D eigenvalue weighted by Gasteiger charge is -2.32. The molecule has 3 rings (SSSR count). The number of nitrogens with zero attached hydrogens (tertiary/aromatic N) is 1. The van der Waals surface area contributed by atoms with E-state index in [-0.39, 0.29) is 12.4 Å². The highest BCUT2D eigenvalue weighted by Gasteiger charge is 2.19. The van der Waals surface area contributed by atoms with Crippen LogP contribution in [0.3, 0.4) is 0 Å². The summed E-state index contributed by atoms with van der Waals surface area (Å²) in [6.45, 7) is 4.54. The van der Waals surface area contributed by atoms with Crippen LogP contribution in [0.1, 0.15) is 30.9 Å². The van der Waals surface area contributed by atoms with Crippen molar-refractivity contribution in [1.82, 2.24) is 4.90 Å². The Hall–Kier alpha value is -1.65. The van der Waals surface area contributed by atoms with Crippen LogP contribution in [0.15, 0.2) is 42.5 Å². The third-order valence-electron chi connectivity index (χ3n) is 4.53. The van der Waals surface area contributed by atoms with Crippen molar-refractivity contribution in [3.63, 3.8) is 0 Å². The second-order valence-electron chi connectivity index (χ2n) is 6.54. The summed E-state index contributed by atoms with van der Waals surface area (Å²) in [6, 6.07) is 12.0. The first-order valence-electron chi connectivity index (χ1n) is 8.49. The Morgan fingerprint density at radius 2 is 2.00 bits per heavy atom. The summed E-state index contributed by atoms with van der Waals surface area (Å²) in [4.78, 5) is 3.08. The van der Waals surface area contributed by atoms with Gasteiger partial charge in [-0.1, -0.05) is 42.9 Å². The van der Waals surface area contributed by atoms with E-state index in [1.807, 2.05) is 24.3 Å². The lowest BCUT2D eigenvalue weighted by molar-refractivity contribution is 0.284. The van der Waals surface area contributed by atoms with E-state index >= 15 is 0 Å². The molecule has 0 atom stereocenters. The van der Waals surface area contributed by atoms with Gasteiger partial charge < -0.3 is 9.64 Å². The van der Waals surface area contributed by atoms with Crippen LogP contribution in [0.25, 0.3) is 0 Å². The normalized spacial score (nSPS) is 15.2. The predicted molar refractivity (Wildman–Crippen MR) is 104 cm³/mol. The maximum atomic E-state index is 13.2. The Morgan fingerprint density at radius 3 is 2.68 bits per heavy atom. The first-order chi connectivity index (χ1) is 12.0. The molecule has 1 aliphatic heterocycles. The first kappa shape index (κ1) is 18.2. The van der Waals surface area contributed by atoms with E-state index in [9.17, 15) is 4.39 Å². The second-order valence-corrected chi connectivity index (χ2v) is 7.33. The van der Waals surface area contributed by atoms with Gasteiger partial charge in [-0.25, -0.2) is 4.39 Å². The lowest BCUT2D eigenvalue weighted by Crippen LogP contribution is -2.37. The largest absolute Gasteiger partial charge is 0.487 e. The molecule has 0 radical (unpaired) electrons. The molecule has 0 bridgehead atoms. The van der Waals surface area contributed by atoms with Gasteiger partial charge in [0.25, 0.3) is 0 Å². The molecule has 2 aromatic carbocycles. The number of hydrogen-bond acceptors (Lipinski definition) is 2. The Morgan fingerprint density at radius 1 is 1.24 bits per heavy atom. The zero-order chi connectivity index (χ0) is 17.8. The van der Waals surface area contributed by atoms with E-state index in [0.29, 0.717) is 10.8 Å². The molecule has 0 spiro atoms. The predicted octanol–water partition coefficient (Wildman–Crippen LogP) is 5.47. The van der Waals surface area contributed by atoms with Crippen LogP contribution in [0.5, 0.6) is 5.75 Å². The molecule has 0 N–H and O–H groups in total. The van der Waals surface area contributed by atoms with Crippen LogP contribution in [0.4, 0.5) is 4.39 Å². The fraction of sp³-hybridized carbons (Fsp3) is 0.350. The summed E-state index contributed by atoms with van der Waals surface area (Å²) >= 11 is 12.0. The molecule has 0 saturated carbocycles. The molecule has 25 heavy (non-hydrogen) atoms. The highest BCUT2D eigenvalue weighted by atomic mass is 35.5. The van der Waals surface area contributed by atoms with E-state index in [4.69, 9.17) is 28.6 Å². The van der Waals surface area contributed by atoms with E-state index in [1.165, 1.54) is 25.0 Å². The Balaban J connectivity index is 1.65. The van der Waals surface area contributed by atoms with Gasteiger partial charge in [0.05, 0.1) is 5.02 Å². The number of rotatable bonds is 4. The summed E-state index contributed by atoms with van der Waals surface area (Å²) in [5, 5.41) is 0.515. The number of ether oxygens (including phenoxy) is 1. The molecular weight excluding hydrogens is 357 g/mol. The van der Waals surface area contributed by atoms with Crippen LogP contribution in [0, 0.1) is 11.7 Å². The molecule has 0 unspecified atom stereocenters. The van der Waals surface area contributed by atoms with Crippen molar-refractivity contribution in [3.8, 4) is 5.75 Å². The molecular formula is C20H21ClFNOS. The molecule has 1 saturated heterocycles. The minimum Gasteiger partial charge on any atom is -0.487 e. The Kier molecular flexibility index (Phi) is 5.92. The number of benzene rings is 2. The molecule has 5 heteroatoms. The molecule has 2 nitrogen and oxygen atoms in total. The summed E-state index contributed by atoms with van der Waals surface area (Å²) in [5.74, 6) is 1.06. The number of piperidine rings is 1. The molecule has 1 fully saturated rings. The zero-order valence-electron chi connectivity index (χ0n) is 14.2. The van der Waals surface area contributed by atoms with Crippen molar-refractivity contribution < 1.29 is 9.13 Å². The Bertz CT molecular complexity index is 759. The molecule has 2 aromatic rings. The smallest absolute Gasteiger partial charge is 0.138 e. The molecule has 1 aliphatic rings. The van der Waals surface area contributed by atoms with Crippen molar-refractivity contribution in [3.05, 3.63) is 64.4 Å². The summed E-state index contributed by atoms with van der Waals surface area (Å²) in [7, 11) is 0. The quantitative estimate of drug-likeness (QED) is 0.656. The van der Waals surface area contributed by atoms with Crippen LogP contribution in [-0.4, -0.2) is 23.0 Å². The van der Waals surface area contributed by atoms with Gasteiger partial charge in [0.15, 0.2) is 0 Å². The maximum absolute atomic E-state index is 13.2. The van der Waals surface area contributed by atoms with Crippen LogP contribution >= 0.6 is 23.8 Å². The topological polar surface area (TPSA) is 12.5 Å². The van der Waals surface area contributed by atoms with Gasteiger partial charge in [-0.3, -0.25) is 0 Å². The second kappa shape index (κ2) is 8.15. The molecule has 0 amide bonds. The first-order valence-corrected chi connectivity index (χ1v) is 9.27. The van der Waals surface area contributed by atoms with Crippen LogP contribution in [-0.2, 0) is 6.61 Å². The van der Waals surface area contributed by atoms with E-state index in [0.717, 1.165) is 35.1 Å². The number of hydrogen-bond donors (Lipinski definition) is 0. The fourth-order valence-corrected chi connectivity index (χ4v) is 3.48. The monoisotopic (exact) mass is 377 g/mol. The minimum absolute atomic E-state index is 0.269. The molecule has 132 valence electrons. The SMILES string of the molecule is CC1CCN(C(=S)c2ccc(OCc3cccc(F)c3)c(Cl)c2)CC1. The highest BCUT2D eigenvalue weighted by Crippen LogP contribution is 2.28. The maximum Gasteiger partial charge on any atom is 0.138 e. The molecule has 1 heterocycles. The van der Waals surface area contributed by atoms with Gasteiger partial charge in [-0.05, 0) is 54.7 Å². The van der Waals surface area contributed by atoms with Crippen LogP contribution in [0.2, 0.25) is 5.02 Å². The third kappa shape index (κ3) is 4.71. The number of thiocarbonyl (C=S) groups is 1. The van der Waals surface area contributed by atoms with Crippen molar-refractivity contribution in [2.24, 2.45) is 5.92 Å².